The summed E-state index contributed by atoms with van der Waals surface area (Å²) in [5.41, 5.74) is -3.36. The van der Waals surface area contributed by atoms with Crippen LogP contribution in [0.3, 0.4) is 0 Å². The molecule has 2 aromatic heterocycles. The number of carboxylic acids is 2. The van der Waals surface area contributed by atoms with E-state index in [0.717, 1.165) is 37.8 Å². The van der Waals surface area contributed by atoms with Gasteiger partial charge in [0.05, 0.1) is 24.1 Å². The number of carbonyl (C=O) groups is 2. The molecule has 5 N–H and O–H groups in total. The number of hydrogen-bond acceptors (Lipinski definition) is 10. The molecule has 0 bridgehead atoms. The molecule has 3 aromatic rings. The molecule has 0 radical (unpaired) electrons. The number of benzene rings is 1. The maximum absolute atomic E-state index is 12.9. The zero-order valence-electron chi connectivity index (χ0n) is 21.9. The van der Waals surface area contributed by atoms with E-state index in [1.54, 1.807) is 0 Å². The Hall–Kier alpha value is -3.86. The van der Waals surface area contributed by atoms with Gasteiger partial charge in [0.1, 0.15) is 30.7 Å². The quantitative estimate of drug-likeness (QED) is 0.214. The van der Waals surface area contributed by atoms with Crippen LogP contribution in [0.5, 0.6) is 0 Å². The number of aliphatic hydroxyl groups excluding tert-OH is 2. The third-order valence-electron chi connectivity index (χ3n) is 7.60. The minimum absolute atomic E-state index is 0.0500. The van der Waals surface area contributed by atoms with E-state index in [9.17, 15) is 43.2 Å². The Balaban J connectivity index is 1.33. The molecule has 2 aliphatic rings. The lowest BCUT2D eigenvalue weighted by Gasteiger charge is -2.27. The number of aliphatic carboxylic acids is 2. The Bertz CT molecular complexity index is 1430. The molecule has 1 aromatic carbocycles. The molecule has 3 heterocycles. The molecular weight excluding hydrogens is 567 g/mol. The van der Waals surface area contributed by atoms with Crippen molar-refractivity contribution in [3.8, 4) is 0 Å². The first-order chi connectivity index (χ1) is 19.9. The standard InChI is InChI=1S/C26H28F3N5O8/c27-26(28,29)14-7-5-13(6-8-14)9-25(23(37)38,24(39)40)41-11-17-18(35)19(36)20(42-17)16-10-30-22-21(31-12-32-34(16)22)33-15-3-1-2-4-15/h5-8,10,12,15,17-20,35-36H,1-4,9,11H2,(H,37,38)(H,39,40)(H,31,32,33)/t17-,18-,19-,20+/m1/s1. The summed E-state index contributed by atoms with van der Waals surface area (Å²) in [6, 6.07) is 3.53. The van der Waals surface area contributed by atoms with Crippen LogP contribution in [0.1, 0.15) is 48.6 Å². The molecule has 2 fully saturated rings. The van der Waals surface area contributed by atoms with Gasteiger partial charge >= 0.3 is 18.1 Å². The van der Waals surface area contributed by atoms with Crippen molar-refractivity contribution in [3.63, 3.8) is 0 Å². The molecule has 0 amide bonds. The van der Waals surface area contributed by atoms with Gasteiger partial charge in [-0.3, -0.25) is 0 Å². The van der Waals surface area contributed by atoms with E-state index >= 15 is 0 Å². The number of alkyl halides is 3. The topological polar surface area (TPSA) is 189 Å². The zero-order chi connectivity index (χ0) is 30.2. The summed E-state index contributed by atoms with van der Waals surface area (Å²) < 4.78 is 51.2. The first-order valence-corrected chi connectivity index (χ1v) is 13.1. The maximum atomic E-state index is 12.9. The van der Waals surface area contributed by atoms with Gasteiger partial charge in [0, 0.05) is 12.5 Å². The molecular formula is C26H28F3N5O8. The number of carboxylic acid groups (broad SMARTS) is 2. The van der Waals surface area contributed by atoms with Crippen molar-refractivity contribution in [3.05, 3.63) is 53.6 Å². The largest absolute Gasteiger partial charge is 0.479 e. The highest BCUT2D eigenvalue weighted by molar-refractivity contribution is 6.02. The first-order valence-electron chi connectivity index (χ1n) is 13.1. The number of imidazole rings is 1. The fraction of sp³-hybridized carbons (Fsp3) is 0.500. The normalized spacial score (nSPS) is 23.5. The van der Waals surface area contributed by atoms with Crippen LogP contribution < -0.4 is 5.32 Å². The zero-order valence-corrected chi connectivity index (χ0v) is 21.9. The average Bonchev–Trinajstić information content (AvgIpc) is 3.67. The summed E-state index contributed by atoms with van der Waals surface area (Å²) in [6.45, 7) is -0.784. The third-order valence-corrected chi connectivity index (χ3v) is 7.60. The van der Waals surface area contributed by atoms with E-state index in [1.807, 2.05) is 0 Å². The number of aliphatic hydroxyl groups is 2. The van der Waals surface area contributed by atoms with Crippen LogP contribution >= 0.6 is 0 Å². The van der Waals surface area contributed by atoms with Crippen LogP contribution in [0.2, 0.25) is 0 Å². The molecule has 0 spiro atoms. The van der Waals surface area contributed by atoms with Crippen molar-refractivity contribution < 1.29 is 52.7 Å². The number of hydrogen-bond donors (Lipinski definition) is 5. The fourth-order valence-electron chi connectivity index (χ4n) is 5.27. The predicted molar refractivity (Wildman–Crippen MR) is 135 cm³/mol. The number of ether oxygens (including phenoxy) is 2. The van der Waals surface area contributed by atoms with Gasteiger partial charge in [0.2, 0.25) is 0 Å². The first kappa shape index (κ1) is 29.6. The van der Waals surface area contributed by atoms with Gasteiger partial charge in [0.25, 0.3) is 5.60 Å². The van der Waals surface area contributed by atoms with Crippen LogP contribution in [0.4, 0.5) is 19.0 Å². The maximum Gasteiger partial charge on any atom is 0.416 e. The molecule has 1 aliphatic carbocycles. The summed E-state index contributed by atoms with van der Waals surface area (Å²) in [5, 5.41) is 48.6. The van der Waals surface area contributed by atoms with Crippen LogP contribution in [0, 0.1) is 0 Å². The van der Waals surface area contributed by atoms with Crippen molar-refractivity contribution in [1.29, 1.82) is 0 Å². The number of rotatable bonds is 10. The number of anilines is 1. The summed E-state index contributed by atoms with van der Waals surface area (Å²) >= 11 is 0. The van der Waals surface area contributed by atoms with E-state index in [0.29, 0.717) is 23.6 Å². The van der Waals surface area contributed by atoms with Crippen molar-refractivity contribution in [1.82, 2.24) is 19.6 Å². The van der Waals surface area contributed by atoms with E-state index in [1.165, 1.54) is 17.0 Å². The average molecular weight is 596 g/mol. The van der Waals surface area contributed by atoms with Crippen molar-refractivity contribution in [2.24, 2.45) is 0 Å². The molecule has 1 saturated heterocycles. The van der Waals surface area contributed by atoms with Gasteiger partial charge in [-0.2, -0.15) is 18.3 Å². The van der Waals surface area contributed by atoms with Gasteiger partial charge < -0.3 is 35.2 Å². The van der Waals surface area contributed by atoms with E-state index in [4.69, 9.17) is 9.47 Å². The lowest BCUT2D eigenvalue weighted by Crippen LogP contribution is -2.52. The van der Waals surface area contributed by atoms with Gasteiger partial charge in [-0.15, -0.1) is 0 Å². The lowest BCUT2D eigenvalue weighted by atomic mass is 9.93. The summed E-state index contributed by atoms with van der Waals surface area (Å²) in [6.07, 6.45) is -4.37. The summed E-state index contributed by atoms with van der Waals surface area (Å²) in [7, 11) is 0. The van der Waals surface area contributed by atoms with Gasteiger partial charge in [-0.25, -0.2) is 24.1 Å². The number of fused-ring (bicyclic) bond motifs is 1. The SMILES string of the molecule is O=C(O)C(Cc1ccc(C(F)(F)F)cc1)(OC[C@H]1O[C@@H](c2cnc3c(NC4CCCC4)ncnn23)[C@H](O)[C@@H]1O)C(=O)O. The van der Waals surface area contributed by atoms with Crippen LogP contribution in [0.15, 0.2) is 36.8 Å². The summed E-state index contributed by atoms with van der Waals surface area (Å²) in [4.78, 5) is 32.8. The molecule has 16 heteroatoms. The van der Waals surface area contributed by atoms with Crippen molar-refractivity contribution >= 4 is 23.4 Å². The molecule has 226 valence electrons. The number of halogens is 3. The number of nitrogens with one attached hydrogen (secondary N) is 1. The van der Waals surface area contributed by atoms with Gasteiger partial charge in [0.15, 0.2) is 11.5 Å². The van der Waals surface area contributed by atoms with Crippen molar-refractivity contribution in [2.75, 3.05) is 11.9 Å². The number of nitrogens with zero attached hydrogens (tertiary/aromatic N) is 4. The van der Waals surface area contributed by atoms with Gasteiger partial charge in [-0.1, -0.05) is 25.0 Å². The Morgan fingerprint density at radius 2 is 1.71 bits per heavy atom. The van der Waals surface area contributed by atoms with Gasteiger partial charge in [-0.05, 0) is 30.5 Å². The van der Waals surface area contributed by atoms with Crippen LogP contribution in [0.25, 0.3) is 5.65 Å². The minimum Gasteiger partial charge on any atom is -0.479 e. The second-order valence-electron chi connectivity index (χ2n) is 10.3. The predicted octanol–water partition coefficient (Wildman–Crippen LogP) is 1.83. The second-order valence-corrected chi connectivity index (χ2v) is 10.3. The van der Waals surface area contributed by atoms with Crippen molar-refractivity contribution in [2.45, 2.75) is 74.3 Å². The van der Waals surface area contributed by atoms with Crippen LogP contribution in [-0.4, -0.2) is 88.5 Å². The summed E-state index contributed by atoms with van der Waals surface area (Å²) in [5.74, 6) is -3.35. The molecule has 1 aliphatic heterocycles. The smallest absolute Gasteiger partial charge is 0.416 e. The van der Waals surface area contributed by atoms with Crippen LogP contribution in [-0.2, 0) is 31.7 Å². The second kappa shape index (κ2) is 11.4. The monoisotopic (exact) mass is 595 g/mol. The highest BCUT2D eigenvalue weighted by atomic mass is 19.4. The van der Waals surface area contributed by atoms with E-state index in [2.05, 4.69) is 20.4 Å². The highest BCUT2D eigenvalue weighted by Crippen LogP contribution is 2.36. The lowest BCUT2D eigenvalue weighted by molar-refractivity contribution is -0.189. The third kappa shape index (κ3) is 5.62. The fourth-order valence-corrected chi connectivity index (χ4v) is 5.27. The Kier molecular flexibility index (Phi) is 8.06. The molecule has 13 nitrogen and oxygen atoms in total. The Morgan fingerprint density at radius 3 is 2.33 bits per heavy atom. The highest BCUT2D eigenvalue weighted by Gasteiger charge is 2.51. The number of aromatic nitrogens is 4. The molecule has 5 rings (SSSR count). The van der Waals surface area contributed by atoms with E-state index in [-0.39, 0.29) is 17.3 Å². The minimum atomic E-state index is -4.64. The Labute approximate surface area is 235 Å². The molecule has 4 atom stereocenters. The molecule has 42 heavy (non-hydrogen) atoms. The van der Waals surface area contributed by atoms with E-state index < -0.39 is 66.7 Å². The molecule has 0 unspecified atom stereocenters. The Morgan fingerprint density at radius 1 is 1.05 bits per heavy atom. The molecule has 1 saturated carbocycles.